The maximum Gasteiger partial charge on any atom is 0.454 e. The van der Waals surface area contributed by atoms with Gasteiger partial charge in [-0.25, -0.2) is 4.98 Å². The number of nitrogens with one attached hydrogen (secondary N) is 1. The molecular weight excluding hydrogens is 414 g/mol. The molecule has 1 aromatic carbocycles. The monoisotopic (exact) mass is 424 g/mol. The Kier molecular flexibility index (Phi) is 6.23. The Bertz CT molecular complexity index is 909. The van der Waals surface area contributed by atoms with Crippen molar-refractivity contribution in [2.24, 2.45) is 0 Å². The van der Waals surface area contributed by atoms with Crippen molar-refractivity contribution < 1.29 is 35.9 Å². The highest BCUT2D eigenvalue weighted by Gasteiger charge is 2.36. The van der Waals surface area contributed by atoms with Crippen molar-refractivity contribution in [1.29, 1.82) is 0 Å². The molecule has 0 aliphatic carbocycles. The van der Waals surface area contributed by atoms with E-state index in [1.165, 1.54) is 31.2 Å². The van der Waals surface area contributed by atoms with Gasteiger partial charge in [-0.2, -0.15) is 26.3 Å². The standard InChI is InChI=1S/C17H11ClF6N2O2/c1-9(6-14(27)17(22,23)24)26-12-4-2-3-5-13(12)28-15-11(18)7-10(8-25-15)16(19,20)21/h2-8,26H,1H3. The SMILES string of the molecule is CC(=CC(=O)C(F)(F)F)Nc1ccccc1Oc1ncc(C(F)(F)F)cc1Cl. The summed E-state index contributed by atoms with van der Waals surface area (Å²) in [5.41, 5.74) is -1.06. The first kappa shape index (κ1) is 21.5. The van der Waals surface area contributed by atoms with Crippen molar-refractivity contribution in [3.8, 4) is 11.6 Å². The third kappa shape index (κ3) is 5.62. The number of anilines is 1. The van der Waals surface area contributed by atoms with Crippen LogP contribution < -0.4 is 10.1 Å². The summed E-state index contributed by atoms with van der Waals surface area (Å²) in [5, 5.41) is 2.14. The Labute approximate surface area is 159 Å². The number of para-hydroxylation sites is 2. The molecule has 0 aliphatic rings. The summed E-state index contributed by atoms with van der Waals surface area (Å²) in [5.74, 6) is -2.37. The van der Waals surface area contributed by atoms with Crippen LogP contribution >= 0.6 is 11.6 Å². The molecule has 2 aromatic rings. The van der Waals surface area contributed by atoms with Gasteiger partial charge in [0.05, 0.1) is 11.3 Å². The van der Waals surface area contributed by atoms with E-state index in [-0.39, 0.29) is 23.0 Å². The van der Waals surface area contributed by atoms with Crippen LogP contribution in [0.2, 0.25) is 5.02 Å². The zero-order valence-electron chi connectivity index (χ0n) is 14.0. The number of nitrogens with zero attached hydrogens (tertiary/aromatic N) is 1. The molecule has 4 nitrogen and oxygen atoms in total. The molecule has 0 unspecified atom stereocenters. The second-order valence-electron chi connectivity index (χ2n) is 5.42. The van der Waals surface area contributed by atoms with E-state index in [4.69, 9.17) is 16.3 Å². The van der Waals surface area contributed by atoms with Gasteiger partial charge in [0.2, 0.25) is 5.88 Å². The van der Waals surface area contributed by atoms with Gasteiger partial charge >= 0.3 is 12.4 Å². The van der Waals surface area contributed by atoms with Crippen LogP contribution in [0.1, 0.15) is 12.5 Å². The fourth-order valence-corrected chi connectivity index (χ4v) is 2.15. The minimum Gasteiger partial charge on any atom is -0.435 e. The van der Waals surface area contributed by atoms with Gasteiger partial charge in [0.25, 0.3) is 5.78 Å². The molecular formula is C17H11ClF6N2O2. The lowest BCUT2D eigenvalue weighted by atomic mass is 10.2. The summed E-state index contributed by atoms with van der Waals surface area (Å²) < 4.78 is 80.3. The molecule has 0 saturated carbocycles. The minimum atomic E-state index is -5.02. The predicted octanol–water partition coefficient (Wildman–Crippen LogP) is 5.99. The van der Waals surface area contributed by atoms with Gasteiger partial charge in [-0.1, -0.05) is 23.7 Å². The molecule has 0 saturated heterocycles. The van der Waals surface area contributed by atoms with Crippen molar-refractivity contribution >= 4 is 23.1 Å². The van der Waals surface area contributed by atoms with Gasteiger partial charge in [0.1, 0.15) is 5.02 Å². The van der Waals surface area contributed by atoms with Gasteiger partial charge in [0, 0.05) is 18.0 Å². The molecule has 0 bridgehead atoms. The number of ketones is 1. The van der Waals surface area contributed by atoms with Gasteiger partial charge < -0.3 is 10.1 Å². The molecule has 0 atom stereocenters. The second kappa shape index (κ2) is 8.09. The quantitative estimate of drug-likeness (QED) is 0.473. The minimum absolute atomic E-state index is 0.0175. The number of allylic oxidation sites excluding steroid dienone is 2. The summed E-state index contributed by atoms with van der Waals surface area (Å²) in [6, 6.07) is 6.47. The van der Waals surface area contributed by atoms with Crippen LogP contribution in [0.15, 0.2) is 48.3 Å². The summed E-state index contributed by atoms with van der Waals surface area (Å²) in [6.45, 7) is 1.23. The summed E-state index contributed by atoms with van der Waals surface area (Å²) in [4.78, 5) is 14.5. The predicted molar refractivity (Wildman–Crippen MR) is 89.2 cm³/mol. The first-order valence-electron chi connectivity index (χ1n) is 7.44. The van der Waals surface area contributed by atoms with Crippen LogP contribution in [0.25, 0.3) is 0 Å². The third-order valence-corrected chi connectivity index (χ3v) is 3.46. The lowest BCUT2D eigenvalue weighted by Crippen LogP contribution is -2.21. The molecule has 1 heterocycles. The van der Waals surface area contributed by atoms with Crippen LogP contribution in [-0.2, 0) is 11.0 Å². The number of pyridine rings is 1. The molecule has 150 valence electrons. The molecule has 0 fully saturated rings. The fraction of sp³-hybridized carbons (Fsp3) is 0.176. The van der Waals surface area contributed by atoms with Crippen LogP contribution in [0, 0.1) is 0 Å². The number of benzene rings is 1. The molecule has 0 aliphatic heterocycles. The molecule has 1 aromatic heterocycles. The number of aromatic nitrogens is 1. The number of alkyl halides is 6. The molecule has 1 N–H and O–H groups in total. The topological polar surface area (TPSA) is 51.2 Å². The average molecular weight is 425 g/mol. The van der Waals surface area contributed by atoms with E-state index in [0.29, 0.717) is 18.3 Å². The van der Waals surface area contributed by atoms with E-state index < -0.39 is 28.7 Å². The van der Waals surface area contributed by atoms with Gasteiger partial charge in [-0.3, -0.25) is 4.79 Å². The maximum atomic E-state index is 12.7. The average Bonchev–Trinajstić information content (AvgIpc) is 2.56. The number of hydrogen-bond acceptors (Lipinski definition) is 4. The number of rotatable bonds is 5. The van der Waals surface area contributed by atoms with Gasteiger partial charge in [0.15, 0.2) is 5.75 Å². The van der Waals surface area contributed by atoms with Crippen molar-refractivity contribution in [3.63, 3.8) is 0 Å². The smallest absolute Gasteiger partial charge is 0.435 e. The molecule has 11 heteroatoms. The van der Waals surface area contributed by atoms with E-state index in [1.54, 1.807) is 0 Å². The van der Waals surface area contributed by atoms with E-state index in [9.17, 15) is 31.1 Å². The largest absolute Gasteiger partial charge is 0.454 e. The van der Waals surface area contributed by atoms with Crippen LogP contribution in [0.4, 0.5) is 32.0 Å². The van der Waals surface area contributed by atoms with E-state index in [0.717, 1.165) is 0 Å². The Hall–Kier alpha value is -2.75. The molecule has 0 amide bonds. The van der Waals surface area contributed by atoms with Crippen molar-refractivity contribution in [3.05, 3.63) is 58.9 Å². The molecule has 28 heavy (non-hydrogen) atoms. The van der Waals surface area contributed by atoms with Crippen molar-refractivity contribution in [2.75, 3.05) is 5.32 Å². The molecule has 0 radical (unpaired) electrons. The van der Waals surface area contributed by atoms with E-state index in [1.807, 2.05) is 0 Å². The summed E-state index contributed by atoms with van der Waals surface area (Å²) in [6.07, 6.45) is -8.76. The molecule has 2 rings (SSSR count). The zero-order valence-corrected chi connectivity index (χ0v) is 14.7. The van der Waals surface area contributed by atoms with Gasteiger partial charge in [-0.15, -0.1) is 0 Å². The van der Waals surface area contributed by atoms with E-state index in [2.05, 4.69) is 10.3 Å². The third-order valence-electron chi connectivity index (χ3n) is 3.19. The van der Waals surface area contributed by atoms with Crippen LogP contribution in [-0.4, -0.2) is 16.9 Å². The van der Waals surface area contributed by atoms with E-state index >= 15 is 0 Å². The number of ether oxygens (including phenoxy) is 1. The highest BCUT2D eigenvalue weighted by atomic mass is 35.5. The molecule has 0 spiro atoms. The number of hydrogen-bond donors (Lipinski definition) is 1. The zero-order chi connectivity index (χ0) is 21.1. The first-order valence-corrected chi connectivity index (χ1v) is 7.82. The summed E-state index contributed by atoms with van der Waals surface area (Å²) in [7, 11) is 0. The van der Waals surface area contributed by atoms with Crippen LogP contribution in [0.3, 0.4) is 0 Å². The Morgan fingerprint density at radius 2 is 1.82 bits per heavy atom. The lowest BCUT2D eigenvalue weighted by Gasteiger charge is -2.14. The second-order valence-corrected chi connectivity index (χ2v) is 5.83. The number of carbonyl (C=O) groups is 1. The fourth-order valence-electron chi connectivity index (χ4n) is 1.95. The van der Waals surface area contributed by atoms with Gasteiger partial charge in [-0.05, 0) is 25.1 Å². The maximum absolute atomic E-state index is 12.7. The first-order chi connectivity index (χ1) is 12.9. The highest BCUT2D eigenvalue weighted by Crippen LogP contribution is 2.36. The Morgan fingerprint density at radius 1 is 1.18 bits per heavy atom. The normalized spacial score (nSPS) is 12.6. The number of carbonyl (C=O) groups excluding carboxylic acids is 1. The Balaban J connectivity index is 2.26. The summed E-state index contributed by atoms with van der Waals surface area (Å²) >= 11 is 5.77. The van der Waals surface area contributed by atoms with Crippen molar-refractivity contribution in [2.45, 2.75) is 19.3 Å². The van der Waals surface area contributed by atoms with Crippen LogP contribution in [0.5, 0.6) is 11.6 Å². The number of halogens is 7. The van der Waals surface area contributed by atoms with Crippen molar-refractivity contribution in [1.82, 2.24) is 4.98 Å². The Morgan fingerprint density at radius 3 is 2.39 bits per heavy atom. The highest BCUT2D eigenvalue weighted by molar-refractivity contribution is 6.31. The lowest BCUT2D eigenvalue weighted by molar-refractivity contribution is -0.165.